The molecule has 16 heavy (non-hydrogen) atoms. The lowest BCUT2D eigenvalue weighted by Gasteiger charge is -2.07. The number of ether oxygens (including phenoxy) is 1. The van der Waals surface area contributed by atoms with Gasteiger partial charge in [0.25, 0.3) is 0 Å². The zero-order valence-electron chi connectivity index (χ0n) is 9.00. The van der Waals surface area contributed by atoms with E-state index in [1.54, 1.807) is 12.1 Å². The Kier molecular flexibility index (Phi) is 5.08. The van der Waals surface area contributed by atoms with Gasteiger partial charge in [-0.15, -0.1) is 0 Å². The van der Waals surface area contributed by atoms with Crippen molar-refractivity contribution in [2.75, 3.05) is 13.2 Å². The summed E-state index contributed by atoms with van der Waals surface area (Å²) in [6.07, 6.45) is -0.0719. The Morgan fingerprint density at radius 3 is 3.00 bits per heavy atom. The van der Waals surface area contributed by atoms with Crippen LogP contribution in [0.15, 0.2) is 18.2 Å². The van der Waals surface area contributed by atoms with E-state index < -0.39 is 6.09 Å². The van der Waals surface area contributed by atoms with Crippen LogP contribution in [0.4, 0.5) is 4.79 Å². The minimum Gasteiger partial charge on any atom is -0.409 e. The highest BCUT2D eigenvalue weighted by Crippen LogP contribution is 2.25. The highest BCUT2D eigenvalue weighted by atomic mass is 35.5. The van der Waals surface area contributed by atoms with Crippen molar-refractivity contribution in [1.82, 2.24) is 5.32 Å². The normalized spacial score (nSPS) is 9.94. The van der Waals surface area contributed by atoms with Crippen molar-refractivity contribution in [3.8, 4) is 5.75 Å². The number of hydrogen-bond acceptors (Lipinski definition) is 3. The largest absolute Gasteiger partial charge is 0.412 e. The van der Waals surface area contributed by atoms with Crippen LogP contribution in [0.3, 0.4) is 0 Å². The molecule has 88 valence electrons. The van der Waals surface area contributed by atoms with Gasteiger partial charge in [-0.2, -0.15) is 0 Å². The summed E-state index contributed by atoms with van der Waals surface area (Å²) in [5.41, 5.74) is 0.961. The average molecular weight is 244 g/mol. The van der Waals surface area contributed by atoms with Gasteiger partial charge in [-0.1, -0.05) is 17.7 Å². The number of aliphatic hydroxyl groups excluding tert-OH is 1. The number of rotatable bonds is 4. The second-order valence-corrected chi connectivity index (χ2v) is 3.73. The number of amides is 1. The van der Waals surface area contributed by atoms with E-state index in [0.717, 1.165) is 5.56 Å². The molecule has 0 saturated heterocycles. The van der Waals surface area contributed by atoms with E-state index in [9.17, 15) is 4.79 Å². The van der Waals surface area contributed by atoms with Gasteiger partial charge < -0.3 is 15.2 Å². The Balaban J connectivity index is 2.52. The maximum absolute atomic E-state index is 11.3. The van der Waals surface area contributed by atoms with Crippen molar-refractivity contribution in [2.24, 2.45) is 0 Å². The van der Waals surface area contributed by atoms with Crippen LogP contribution >= 0.6 is 11.6 Å². The first-order chi connectivity index (χ1) is 7.63. The summed E-state index contributed by atoms with van der Waals surface area (Å²) in [6.45, 7) is 2.29. The topological polar surface area (TPSA) is 58.6 Å². The fourth-order valence-electron chi connectivity index (χ4n) is 1.09. The zero-order chi connectivity index (χ0) is 12.0. The number of carbonyl (C=O) groups is 1. The number of nitrogens with one attached hydrogen (secondary N) is 1. The average Bonchev–Trinajstić information content (AvgIpc) is 2.24. The number of halogens is 1. The van der Waals surface area contributed by atoms with Crippen molar-refractivity contribution < 1.29 is 14.6 Å². The van der Waals surface area contributed by atoms with Gasteiger partial charge >= 0.3 is 6.09 Å². The van der Waals surface area contributed by atoms with Crippen LogP contribution in [-0.2, 0) is 0 Å². The third-order valence-corrected chi connectivity index (χ3v) is 2.21. The maximum atomic E-state index is 11.3. The van der Waals surface area contributed by atoms with Crippen molar-refractivity contribution >= 4 is 17.7 Å². The molecule has 4 nitrogen and oxygen atoms in total. The Labute approximate surface area is 99.2 Å². The first-order valence-corrected chi connectivity index (χ1v) is 5.34. The molecule has 1 amide bonds. The molecule has 2 N–H and O–H groups in total. The van der Waals surface area contributed by atoms with Crippen LogP contribution in [0, 0.1) is 6.92 Å². The molecular formula is C11H14ClNO3. The zero-order valence-corrected chi connectivity index (χ0v) is 9.75. The molecule has 1 rings (SSSR count). The van der Waals surface area contributed by atoms with Crippen LogP contribution in [0.2, 0.25) is 5.02 Å². The fourth-order valence-corrected chi connectivity index (χ4v) is 1.25. The summed E-state index contributed by atoms with van der Waals surface area (Å²) in [4.78, 5) is 11.3. The molecule has 5 heteroatoms. The molecule has 0 spiro atoms. The highest BCUT2D eigenvalue weighted by molar-refractivity contribution is 6.32. The molecule has 0 aromatic heterocycles. The van der Waals surface area contributed by atoms with Crippen molar-refractivity contribution in [3.05, 3.63) is 28.8 Å². The van der Waals surface area contributed by atoms with Crippen molar-refractivity contribution in [3.63, 3.8) is 0 Å². The summed E-state index contributed by atoms with van der Waals surface area (Å²) in [6, 6.07) is 5.19. The third kappa shape index (κ3) is 4.08. The van der Waals surface area contributed by atoms with E-state index in [-0.39, 0.29) is 6.61 Å². The number of hydrogen-bond donors (Lipinski definition) is 2. The van der Waals surface area contributed by atoms with Crippen LogP contribution in [0.25, 0.3) is 0 Å². The fraction of sp³-hybridized carbons (Fsp3) is 0.364. The Hall–Kier alpha value is -1.26. The Bertz CT molecular complexity index is 368. The lowest BCUT2D eigenvalue weighted by Crippen LogP contribution is -2.28. The SMILES string of the molecule is Cc1ccc(Cl)c(OC(=O)NCCCO)c1. The number of benzene rings is 1. The number of aliphatic hydroxyl groups is 1. The van der Waals surface area contributed by atoms with Gasteiger partial charge in [-0.05, 0) is 31.0 Å². The van der Waals surface area contributed by atoms with Gasteiger partial charge in [-0.25, -0.2) is 4.79 Å². The molecule has 0 heterocycles. The second-order valence-electron chi connectivity index (χ2n) is 3.33. The summed E-state index contributed by atoms with van der Waals surface area (Å²) < 4.78 is 5.01. The first-order valence-electron chi connectivity index (χ1n) is 4.96. The van der Waals surface area contributed by atoms with E-state index >= 15 is 0 Å². The molecule has 0 saturated carbocycles. The molecule has 0 fully saturated rings. The molecule has 0 unspecified atom stereocenters. The summed E-state index contributed by atoms with van der Waals surface area (Å²) in [5.74, 6) is 0.336. The summed E-state index contributed by atoms with van der Waals surface area (Å²) >= 11 is 5.86. The van der Waals surface area contributed by atoms with E-state index in [0.29, 0.717) is 23.7 Å². The molecular weight excluding hydrogens is 230 g/mol. The Morgan fingerprint density at radius 1 is 1.56 bits per heavy atom. The lowest BCUT2D eigenvalue weighted by molar-refractivity contribution is 0.199. The van der Waals surface area contributed by atoms with E-state index in [4.69, 9.17) is 21.4 Å². The predicted octanol–water partition coefficient (Wildman–Crippen LogP) is 2.12. The van der Waals surface area contributed by atoms with E-state index in [1.807, 2.05) is 13.0 Å². The summed E-state index contributed by atoms with van der Waals surface area (Å²) in [7, 11) is 0. The number of carbonyl (C=O) groups excluding carboxylic acids is 1. The van der Waals surface area contributed by atoms with Crippen LogP contribution in [0.5, 0.6) is 5.75 Å². The van der Waals surface area contributed by atoms with Crippen LogP contribution in [-0.4, -0.2) is 24.4 Å². The molecule has 0 radical (unpaired) electrons. The molecule has 0 aliphatic carbocycles. The van der Waals surface area contributed by atoms with Gasteiger partial charge in [0.1, 0.15) is 0 Å². The molecule has 0 atom stereocenters. The second kappa shape index (κ2) is 6.35. The quantitative estimate of drug-likeness (QED) is 0.797. The lowest BCUT2D eigenvalue weighted by atomic mass is 10.2. The molecule has 0 bridgehead atoms. The van der Waals surface area contributed by atoms with E-state index in [1.165, 1.54) is 0 Å². The minimum atomic E-state index is -0.569. The molecule has 1 aromatic carbocycles. The molecule has 0 aliphatic heterocycles. The Morgan fingerprint density at radius 2 is 2.31 bits per heavy atom. The highest BCUT2D eigenvalue weighted by Gasteiger charge is 2.07. The van der Waals surface area contributed by atoms with Gasteiger partial charge in [0.2, 0.25) is 0 Å². The first kappa shape index (κ1) is 12.8. The standard InChI is InChI=1S/C11H14ClNO3/c1-8-3-4-9(12)10(7-8)16-11(15)13-5-2-6-14/h3-4,7,14H,2,5-6H2,1H3,(H,13,15). The van der Waals surface area contributed by atoms with Gasteiger partial charge in [-0.3, -0.25) is 0 Å². The van der Waals surface area contributed by atoms with Gasteiger partial charge in [0.15, 0.2) is 5.75 Å². The molecule has 1 aromatic rings. The van der Waals surface area contributed by atoms with Crippen molar-refractivity contribution in [2.45, 2.75) is 13.3 Å². The minimum absolute atomic E-state index is 0.0332. The van der Waals surface area contributed by atoms with Crippen LogP contribution in [0.1, 0.15) is 12.0 Å². The predicted molar refractivity (Wildman–Crippen MR) is 61.9 cm³/mol. The number of aryl methyl sites for hydroxylation is 1. The van der Waals surface area contributed by atoms with Gasteiger partial charge in [0, 0.05) is 13.2 Å². The van der Waals surface area contributed by atoms with Crippen molar-refractivity contribution in [1.29, 1.82) is 0 Å². The maximum Gasteiger partial charge on any atom is 0.412 e. The third-order valence-electron chi connectivity index (χ3n) is 1.89. The monoisotopic (exact) mass is 243 g/mol. The summed E-state index contributed by atoms with van der Waals surface area (Å²) in [5, 5.41) is 11.4. The van der Waals surface area contributed by atoms with Crippen LogP contribution < -0.4 is 10.1 Å². The molecule has 0 aliphatic rings. The van der Waals surface area contributed by atoms with Gasteiger partial charge in [0.05, 0.1) is 5.02 Å². The van der Waals surface area contributed by atoms with E-state index in [2.05, 4.69) is 5.32 Å². The smallest absolute Gasteiger partial charge is 0.409 e.